The fourth-order valence-corrected chi connectivity index (χ4v) is 6.17. The number of fused-ring (bicyclic) bond motifs is 4. The number of aryl methyl sites for hydroxylation is 1. The number of hydrogen-bond donors (Lipinski definition) is 1. The van der Waals surface area contributed by atoms with Crippen LogP contribution in [0.15, 0.2) is 12.3 Å². The van der Waals surface area contributed by atoms with Crippen molar-refractivity contribution in [3.05, 3.63) is 29.3 Å². The molecule has 0 radical (unpaired) electrons. The van der Waals surface area contributed by atoms with Crippen LogP contribution in [0.4, 0.5) is 4.79 Å². The van der Waals surface area contributed by atoms with Gasteiger partial charge in [0.15, 0.2) is 5.60 Å². The first-order valence-corrected chi connectivity index (χ1v) is 13.1. The molecule has 1 spiro atoms. The van der Waals surface area contributed by atoms with Crippen molar-refractivity contribution in [3.63, 3.8) is 0 Å². The number of aromatic nitrogens is 3. The fourth-order valence-electron chi connectivity index (χ4n) is 6.17. The van der Waals surface area contributed by atoms with E-state index in [1.165, 1.54) is 12.8 Å². The highest BCUT2D eigenvalue weighted by Gasteiger charge is 2.49. The highest BCUT2D eigenvalue weighted by atomic mass is 16.6. The predicted molar refractivity (Wildman–Crippen MR) is 132 cm³/mol. The lowest BCUT2D eigenvalue weighted by Crippen LogP contribution is -2.50. The topological polar surface area (TPSA) is 81.5 Å². The molecular weight excluding hydrogens is 442 g/mol. The van der Waals surface area contributed by atoms with E-state index >= 15 is 0 Å². The lowest BCUT2D eigenvalue weighted by molar-refractivity contribution is -0.0115. The van der Waals surface area contributed by atoms with E-state index in [0.717, 1.165) is 53.6 Å². The molecule has 6 rings (SSSR count). The standard InChI is InChI=1S/C27H37N5O3/c1-17-13-20-21(28-15-17)22-23(31(4)24(30-22)19-7-10-29-26(2,3)14-19)27(35-20)8-11-32(12-9-27)25(33)34-16-18-5-6-18/h13,15,18-19,29H,5-12,14,16H2,1-4H3. The van der Waals surface area contributed by atoms with Crippen LogP contribution in [-0.2, 0) is 17.4 Å². The molecule has 1 unspecified atom stereocenters. The smallest absolute Gasteiger partial charge is 0.409 e. The summed E-state index contributed by atoms with van der Waals surface area (Å²) >= 11 is 0. The Balaban J connectivity index is 1.34. The van der Waals surface area contributed by atoms with Crippen LogP contribution in [0, 0.1) is 12.8 Å². The minimum atomic E-state index is -0.520. The van der Waals surface area contributed by atoms with Crippen molar-refractivity contribution >= 4 is 6.09 Å². The van der Waals surface area contributed by atoms with Crippen molar-refractivity contribution < 1.29 is 14.3 Å². The quantitative estimate of drug-likeness (QED) is 0.708. The van der Waals surface area contributed by atoms with Crippen LogP contribution >= 0.6 is 0 Å². The second-order valence-corrected chi connectivity index (χ2v) is 11.7. The van der Waals surface area contributed by atoms with E-state index in [0.29, 0.717) is 44.4 Å². The number of carbonyl (C=O) groups excluding carboxylic acids is 1. The zero-order chi connectivity index (χ0) is 24.4. The lowest BCUT2D eigenvalue weighted by atomic mass is 9.83. The first-order chi connectivity index (χ1) is 16.7. The Morgan fingerprint density at radius 1 is 1.23 bits per heavy atom. The molecule has 2 saturated heterocycles. The third-order valence-corrected chi connectivity index (χ3v) is 8.27. The van der Waals surface area contributed by atoms with Crippen LogP contribution in [0.2, 0.25) is 0 Å². The summed E-state index contributed by atoms with van der Waals surface area (Å²) in [5.41, 5.74) is 3.53. The summed E-state index contributed by atoms with van der Waals surface area (Å²) in [5.74, 6) is 2.87. The van der Waals surface area contributed by atoms with E-state index in [9.17, 15) is 4.79 Å². The Morgan fingerprint density at radius 2 is 2.00 bits per heavy atom. The van der Waals surface area contributed by atoms with Gasteiger partial charge in [-0.3, -0.25) is 4.98 Å². The van der Waals surface area contributed by atoms with E-state index in [1.54, 1.807) is 0 Å². The highest BCUT2D eigenvalue weighted by molar-refractivity contribution is 5.71. The summed E-state index contributed by atoms with van der Waals surface area (Å²) in [5, 5.41) is 3.63. The number of likely N-dealkylation sites (tertiary alicyclic amines) is 1. The van der Waals surface area contributed by atoms with Gasteiger partial charge in [0, 0.05) is 50.6 Å². The van der Waals surface area contributed by atoms with Gasteiger partial charge in [-0.15, -0.1) is 0 Å². The molecule has 8 heteroatoms. The van der Waals surface area contributed by atoms with Gasteiger partial charge in [-0.2, -0.15) is 0 Å². The summed E-state index contributed by atoms with van der Waals surface area (Å²) in [6.45, 7) is 9.34. The van der Waals surface area contributed by atoms with E-state index in [1.807, 2.05) is 18.0 Å². The Morgan fingerprint density at radius 3 is 2.71 bits per heavy atom. The van der Waals surface area contributed by atoms with Gasteiger partial charge < -0.3 is 24.3 Å². The summed E-state index contributed by atoms with van der Waals surface area (Å²) < 4.78 is 14.7. The second kappa shape index (κ2) is 8.22. The average molecular weight is 480 g/mol. The molecule has 1 N–H and O–H groups in total. The van der Waals surface area contributed by atoms with Gasteiger partial charge in [0.2, 0.25) is 0 Å². The normalized spacial score (nSPS) is 24.5. The van der Waals surface area contributed by atoms with Gasteiger partial charge in [-0.25, -0.2) is 9.78 Å². The first kappa shape index (κ1) is 22.8. The van der Waals surface area contributed by atoms with Crippen molar-refractivity contribution in [1.82, 2.24) is 24.8 Å². The molecule has 1 aliphatic carbocycles. The van der Waals surface area contributed by atoms with E-state index in [2.05, 4.69) is 36.8 Å². The van der Waals surface area contributed by atoms with Gasteiger partial charge in [0.1, 0.15) is 23.0 Å². The molecule has 35 heavy (non-hydrogen) atoms. The van der Waals surface area contributed by atoms with Gasteiger partial charge in [0.25, 0.3) is 0 Å². The SMILES string of the molecule is Cc1cnc2c(c1)OC1(CCN(C(=O)OCC3CC3)CC1)c1c-2nc(C2CCNC(C)(C)C2)n1C. The van der Waals surface area contributed by atoms with Crippen LogP contribution in [0.1, 0.15) is 75.4 Å². The third kappa shape index (κ3) is 4.09. The maximum absolute atomic E-state index is 12.7. The number of piperidine rings is 2. The number of ether oxygens (including phenoxy) is 2. The molecule has 188 valence electrons. The first-order valence-electron chi connectivity index (χ1n) is 13.1. The van der Waals surface area contributed by atoms with Crippen molar-refractivity contribution in [3.8, 4) is 17.1 Å². The van der Waals surface area contributed by atoms with Crippen LogP contribution in [0.5, 0.6) is 5.75 Å². The lowest BCUT2D eigenvalue weighted by Gasteiger charge is -2.44. The summed E-state index contributed by atoms with van der Waals surface area (Å²) in [7, 11) is 2.14. The second-order valence-electron chi connectivity index (χ2n) is 11.7. The molecule has 0 bridgehead atoms. The molecule has 8 nitrogen and oxygen atoms in total. The van der Waals surface area contributed by atoms with Crippen molar-refractivity contribution in [1.29, 1.82) is 0 Å². The van der Waals surface area contributed by atoms with Gasteiger partial charge in [-0.05, 0) is 70.5 Å². The Kier molecular flexibility index (Phi) is 5.36. The molecule has 2 aromatic heterocycles. The maximum Gasteiger partial charge on any atom is 0.409 e. The fraction of sp³-hybridized carbons (Fsp3) is 0.667. The van der Waals surface area contributed by atoms with Gasteiger partial charge >= 0.3 is 6.09 Å². The number of nitrogens with zero attached hydrogens (tertiary/aromatic N) is 4. The molecule has 3 aliphatic heterocycles. The van der Waals surface area contributed by atoms with Crippen molar-refractivity contribution in [2.75, 3.05) is 26.2 Å². The number of rotatable bonds is 3. The number of pyridine rings is 1. The number of hydrogen-bond acceptors (Lipinski definition) is 6. The van der Waals surface area contributed by atoms with Crippen LogP contribution in [0.3, 0.4) is 0 Å². The molecule has 4 aliphatic rings. The minimum Gasteiger partial charge on any atom is -0.478 e. The van der Waals surface area contributed by atoms with Gasteiger partial charge in [-0.1, -0.05) is 0 Å². The highest BCUT2D eigenvalue weighted by Crippen LogP contribution is 2.50. The summed E-state index contributed by atoms with van der Waals surface area (Å²) in [4.78, 5) is 24.5. The molecule has 5 heterocycles. The zero-order valence-electron chi connectivity index (χ0n) is 21.4. The molecule has 0 aromatic carbocycles. The number of imidazole rings is 1. The van der Waals surface area contributed by atoms with Crippen LogP contribution < -0.4 is 10.1 Å². The Labute approximate surface area is 207 Å². The van der Waals surface area contributed by atoms with E-state index in [-0.39, 0.29) is 11.6 Å². The zero-order valence-corrected chi connectivity index (χ0v) is 21.4. The largest absolute Gasteiger partial charge is 0.478 e. The van der Waals surface area contributed by atoms with Crippen LogP contribution in [0.25, 0.3) is 11.4 Å². The molecule has 1 atom stereocenters. The summed E-state index contributed by atoms with van der Waals surface area (Å²) in [6.07, 6.45) is 7.59. The summed E-state index contributed by atoms with van der Waals surface area (Å²) in [6, 6.07) is 2.07. The number of amides is 1. The van der Waals surface area contributed by atoms with Crippen LogP contribution in [-0.4, -0.2) is 57.3 Å². The number of carbonyl (C=O) groups is 1. The molecule has 1 saturated carbocycles. The predicted octanol–water partition coefficient (Wildman–Crippen LogP) is 4.27. The molecule has 3 fully saturated rings. The number of nitrogens with one attached hydrogen (secondary N) is 1. The Bertz CT molecular complexity index is 1140. The minimum absolute atomic E-state index is 0.0863. The van der Waals surface area contributed by atoms with E-state index < -0.39 is 5.60 Å². The van der Waals surface area contributed by atoms with Crippen molar-refractivity contribution in [2.24, 2.45) is 13.0 Å². The monoisotopic (exact) mass is 479 g/mol. The third-order valence-electron chi connectivity index (χ3n) is 8.27. The van der Waals surface area contributed by atoms with E-state index in [4.69, 9.17) is 19.4 Å². The van der Waals surface area contributed by atoms with Gasteiger partial charge in [0.05, 0.1) is 12.3 Å². The molecular formula is C27H37N5O3. The Hall–Kier alpha value is -2.61. The molecule has 1 amide bonds. The maximum atomic E-state index is 12.7. The van der Waals surface area contributed by atoms with Crippen molar-refractivity contribution in [2.45, 2.75) is 76.4 Å². The average Bonchev–Trinajstić information content (AvgIpc) is 3.58. The molecule has 2 aromatic rings.